The number of hydrogen-bond donors (Lipinski definition) is 1. The highest BCUT2D eigenvalue weighted by atomic mass is 32.2. The monoisotopic (exact) mass is 364 g/mol. The molecule has 0 saturated carbocycles. The molecule has 0 spiro atoms. The van der Waals surface area contributed by atoms with Crippen LogP contribution in [0, 0.1) is 5.92 Å². The third kappa shape index (κ3) is 4.80. The minimum Gasteiger partial charge on any atom is -0.334 e. The second-order valence-electron chi connectivity index (χ2n) is 6.87. The molecule has 140 valence electrons. The quantitative estimate of drug-likeness (QED) is 0.792. The number of nitrogens with one attached hydrogen (secondary N) is 1. The zero-order chi connectivity index (χ0) is 17.7. The highest BCUT2D eigenvalue weighted by Crippen LogP contribution is 2.20. The number of urea groups is 1. The summed E-state index contributed by atoms with van der Waals surface area (Å²) in [5.41, 5.74) is 0. The molecule has 2 amide bonds. The molecule has 2 aliphatic heterocycles. The Morgan fingerprint density at radius 3 is 2.58 bits per heavy atom. The molecule has 0 aromatic carbocycles. The molecule has 0 radical (unpaired) electrons. The van der Waals surface area contributed by atoms with Crippen LogP contribution in [0.25, 0.3) is 0 Å². The molecule has 2 fully saturated rings. The van der Waals surface area contributed by atoms with E-state index in [2.05, 4.69) is 5.32 Å². The van der Waals surface area contributed by atoms with Gasteiger partial charge in [-0.25, -0.2) is 4.79 Å². The van der Waals surface area contributed by atoms with Crippen molar-refractivity contribution < 1.29 is 17.6 Å². The Morgan fingerprint density at radius 2 is 1.92 bits per heavy atom. The van der Waals surface area contributed by atoms with Crippen LogP contribution in [0.2, 0.25) is 0 Å². The summed E-state index contributed by atoms with van der Waals surface area (Å²) in [4.78, 5) is 14.2. The average molecular weight is 364 g/mol. The maximum Gasteiger partial charge on any atom is 0.317 e. The van der Waals surface area contributed by atoms with E-state index in [1.165, 1.54) is 22.7 Å². The lowest BCUT2D eigenvalue weighted by Gasteiger charge is -2.37. The van der Waals surface area contributed by atoms with Gasteiger partial charge in [0.15, 0.2) is 0 Å². The number of alkyl halides is 1. The van der Waals surface area contributed by atoms with E-state index in [1.54, 1.807) is 4.90 Å². The Bertz CT molecular complexity index is 527. The lowest BCUT2D eigenvalue weighted by Crippen LogP contribution is -2.55. The van der Waals surface area contributed by atoms with Crippen LogP contribution in [0.3, 0.4) is 0 Å². The molecule has 0 aromatic heterocycles. The molecule has 9 heteroatoms. The number of carbonyl (C=O) groups is 1. The summed E-state index contributed by atoms with van der Waals surface area (Å²) < 4.78 is 39.6. The van der Waals surface area contributed by atoms with Crippen molar-refractivity contribution in [3.63, 3.8) is 0 Å². The van der Waals surface area contributed by atoms with Gasteiger partial charge in [-0.2, -0.15) is 17.0 Å². The number of halogens is 1. The van der Waals surface area contributed by atoms with E-state index in [0.29, 0.717) is 32.6 Å². The standard InChI is InChI=1S/C15H29FN4O3S/c1-18(2)24(22,23)20-10-4-6-14(12-20)17-15(21)19-9-3-5-13(11-19)7-8-16/h13-14H,3-12H2,1-2H3,(H,17,21)/t13?,14-/m1/s1. The smallest absolute Gasteiger partial charge is 0.317 e. The summed E-state index contributed by atoms with van der Waals surface area (Å²) in [6.45, 7) is 1.70. The largest absolute Gasteiger partial charge is 0.334 e. The molecule has 0 aromatic rings. The van der Waals surface area contributed by atoms with E-state index in [-0.39, 0.29) is 24.7 Å². The van der Waals surface area contributed by atoms with Crippen LogP contribution in [0.5, 0.6) is 0 Å². The molecule has 1 N–H and O–H groups in total. The number of likely N-dealkylation sites (tertiary alicyclic amines) is 1. The summed E-state index contributed by atoms with van der Waals surface area (Å²) in [5.74, 6) is 0.228. The molecular formula is C15H29FN4O3S. The first-order valence-electron chi connectivity index (χ1n) is 8.63. The molecule has 7 nitrogen and oxygen atoms in total. The molecule has 0 aliphatic carbocycles. The molecular weight excluding hydrogens is 335 g/mol. The highest BCUT2D eigenvalue weighted by molar-refractivity contribution is 7.86. The van der Waals surface area contributed by atoms with Gasteiger partial charge in [0.2, 0.25) is 0 Å². The molecule has 2 rings (SSSR count). The molecule has 2 atom stereocenters. The summed E-state index contributed by atoms with van der Waals surface area (Å²) in [5, 5.41) is 2.96. The van der Waals surface area contributed by atoms with Crippen LogP contribution in [0.1, 0.15) is 32.1 Å². The van der Waals surface area contributed by atoms with Gasteiger partial charge in [0.25, 0.3) is 10.2 Å². The van der Waals surface area contributed by atoms with Crippen molar-refractivity contribution >= 4 is 16.2 Å². The van der Waals surface area contributed by atoms with Crippen molar-refractivity contribution in [3.8, 4) is 0 Å². The first kappa shape index (κ1) is 19.4. The second kappa shape index (κ2) is 8.44. The van der Waals surface area contributed by atoms with Crippen molar-refractivity contribution in [1.82, 2.24) is 18.8 Å². The first-order chi connectivity index (χ1) is 11.3. The fraction of sp³-hybridized carbons (Fsp3) is 0.933. The van der Waals surface area contributed by atoms with Gasteiger partial charge in [0.05, 0.1) is 6.67 Å². The number of amides is 2. The summed E-state index contributed by atoms with van der Waals surface area (Å²) in [6.07, 6.45) is 3.85. The van der Waals surface area contributed by atoms with Gasteiger partial charge < -0.3 is 10.2 Å². The Hall–Kier alpha value is -0.930. The molecule has 1 unspecified atom stereocenters. The van der Waals surface area contributed by atoms with Crippen LogP contribution < -0.4 is 5.32 Å². The first-order valence-corrected chi connectivity index (χ1v) is 10.0. The summed E-state index contributed by atoms with van der Waals surface area (Å²) >= 11 is 0. The van der Waals surface area contributed by atoms with Crippen LogP contribution in [-0.4, -0.2) is 81.0 Å². The number of nitrogens with zero attached hydrogens (tertiary/aromatic N) is 3. The van der Waals surface area contributed by atoms with Gasteiger partial charge in [-0.15, -0.1) is 0 Å². The third-order valence-electron chi connectivity index (χ3n) is 4.82. The molecule has 0 bridgehead atoms. The van der Waals surface area contributed by atoms with E-state index in [1.807, 2.05) is 0 Å². The lowest BCUT2D eigenvalue weighted by molar-refractivity contribution is 0.151. The van der Waals surface area contributed by atoms with Crippen molar-refractivity contribution in [1.29, 1.82) is 0 Å². The Balaban J connectivity index is 1.89. The van der Waals surface area contributed by atoms with E-state index in [0.717, 1.165) is 25.7 Å². The highest BCUT2D eigenvalue weighted by Gasteiger charge is 2.32. The Labute approximate surface area is 144 Å². The van der Waals surface area contributed by atoms with Crippen LogP contribution in [0.15, 0.2) is 0 Å². The topological polar surface area (TPSA) is 73.0 Å². The normalized spacial score (nSPS) is 26.6. The summed E-state index contributed by atoms with van der Waals surface area (Å²) in [7, 11) is -0.429. The van der Waals surface area contributed by atoms with Crippen molar-refractivity contribution in [2.75, 3.05) is 46.9 Å². The summed E-state index contributed by atoms with van der Waals surface area (Å²) in [6, 6.07) is -0.338. The zero-order valence-corrected chi connectivity index (χ0v) is 15.4. The fourth-order valence-corrected chi connectivity index (χ4v) is 4.60. The SMILES string of the molecule is CN(C)S(=O)(=O)N1CCC[C@@H](NC(=O)N2CCCC(CCF)C2)C1. The van der Waals surface area contributed by atoms with Gasteiger partial charge in [-0.05, 0) is 38.0 Å². The van der Waals surface area contributed by atoms with E-state index in [4.69, 9.17) is 0 Å². The maximum absolute atomic E-state index is 12.5. The maximum atomic E-state index is 12.5. The lowest BCUT2D eigenvalue weighted by atomic mass is 9.95. The minimum atomic E-state index is -3.45. The van der Waals surface area contributed by atoms with E-state index >= 15 is 0 Å². The second-order valence-corrected chi connectivity index (χ2v) is 9.01. The number of rotatable bonds is 5. The van der Waals surface area contributed by atoms with Crippen molar-refractivity contribution in [3.05, 3.63) is 0 Å². The number of hydrogen-bond acceptors (Lipinski definition) is 3. The fourth-order valence-electron chi connectivity index (χ4n) is 3.41. The van der Waals surface area contributed by atoms with Crippen LogP contribution >= 0.6 is 0 Å². The average Bonchev–Trinajstić information content (AvgIpc) is 2.55. The molecule has 2 saturated heterocycles. The molecule has 2 aliphatic rings. The third-order valence-corrected chi connectivity index (χ3v) is 6.73. The molecule has 2 heterocycles. The van der Waals surface area contributed by atoms with Gasteiger partial charge in [0, 0.05) is 46.3 Å². The Morgan fingerprint density at radius 1 is 1.21 bits per heavy atom. The predicted molar refractivity (Wildman–Crippen MR) is 90.6 cm³/mol. The van der Waals surface area contributed by atoms with E-state index in [9.17, 15) is 17.6 Å². The van der Waals surface area contributed by atoms with Gasteiger partial charge >= 0.3 is 6.03 Å². The minimum absolute atomic E-state index is 0.160. The zero-order valence-electron chi connectivity index (χ0n) is 14.6. The number of piperidine rings is 2. The van der Waals surface area contributed by atoms with Crippen LogP contribution in [0.4, 0.5) is 9.18 Å². The van der Waals surface area contributed by atoms with Gasteiger partial charge in [-0.1, -0.05) is 0 Å². The molecule has 24 heavy (non-hydrogen) atoms. The van der Waals surface area contributed by atoms with Crippen molar-refractivity contribution in [2.24, 2.45) is 5.92 Å². The van der Waals surface area contributed by atoms with Crippen molar-refractivity contribution in [2.45, 2.75) is 38.1 Å². The Kier molecular flexibility index (Phi) is 6.82. The predicted octanol–water partition coefficient (Wildman–Crippen LogP) is 1.04. The van der Waals surface area contributed by atoms with Crippen LogP contribution in [-0.2, 0) is 10.2 Å². The van der Waals surface area contributed by atoms with Gasteiger partial charge in [0.1, 0.15) is 0 Å². The van der Waals surface area contributed by atoms with E-state index < -0.39 is 10.2 Å². The number of carbonyl (C=O) groups excluding carboxylic acids is 1. The van der Waals surface area contributed by atoms with Gasteiger partial charge in [-0.3, -0.25) is 4.39 Å².